The molecule has 0 aromatic heterocycles. The summed E-state index contributed by atoms with van der Waals surface area (Å²) < 4.78 is 13.8. The third kappa shape index (κ3) is 2.50. The van der Waals surface area contributed by atoms with Crippen LogP contribution in [0.4, 0.5) is 4.39 Å². The van der Waals surface area contributed by atoms with Crippen LogP contribution in [0.3, 0.4) is 0 Å². The van der Waals surface area contributed by atoms with Crippen LogP contribution in [0.15, 0.2) is 39.9 Å². The quantitative estimate of drug-likeness (QED) is 0.702. The standard InChI is InChI=1S/C12H8BrClF/c13-11-5-4-9(7-12(11)15)8-2-1-3-10(14)6-8/h2-7H,1H2. The summed E-state index contributed by atoms with van der Waals surface area (Å²) in [5, 5.41) is 0.704. The molecule has 0 nitrogen and oxygen atoms in total. The van der Waals surface area contributed by atoms with Crippen LogP contribution in [-0.4, -0.2) is 0 Å². The largest absolute Gasteiger partial charge is 0.206 e. The van der Waals surface area contributed by atoms with E-state index < -0.39 is 0 Å². The topological polar surface area (TPSA) is 0 Å². The van der Waals surface area contributed by atoms with E-state index >= 15 is 0 Å². The van der Waals surface area contributed by atoms with E-state index in [0.717, 1.165) is 17.6 Å². The molecule has 0 fully saturated rings. The van der Waals surface area contributed by atoms with Gasteiger partial charge in [0.25, 0.3) is 0 Å². The monoisotopic (exact) mass is 285 g/mol. The zero-order valence-corrected chi connectivity index (χ0v) is 10.1. The Morgan fingerprint density at radius 2 is 2.13 bits per heavy atom. The molecule has 1 radical (unpaired) electrons. The molecule has 0 saturated heterocycles. The molecule has 3 heteroatoms. The molecule has 0 unspecified atom stereocenters. The normalized spacial score (nSPS) is 15.9. The van der Waals surface area contributed by atoms with Gasteiger partial charge in [0.1, 0.15) is 5.82 Å². The molecule has 0 saturated carbocycles. The molecular formula is C12H8BrClF. The first kappa shape index (κ1) is 10.9. The van der Waals surface area contributed by atoms with Gasteiger partial charge in [0.15, 0.2) is 0 Å². The highest BCUT2D eigenvalue weighted by Gasteiger charge is 2.08. The van der Waals surface area contributed by atoms with Crippen LogP contribution in [0.1, 0.15) is 12.0 Å². The van der Waals surface area contributed by atoms with Gasteiger partial charge < -0.3 is 0 Å². The number of rotatable bonds is 1. The molecule has 0 amide bonds. The van der Waals surface area contributed by atoms with Crippen molar-refractivity contribution in [2.24, 2.45) is 0 Å². The maximum atomic E-state index is 13.3. The first-order valence-electron chi connectivity index (χ1n) is 4.53. The fourth-order valence-corrected chi connectivity index (χ4v) is 1.90. The molecule has 0 aliphatic heterocycles. The van der Waals surface area contributed by atoms with Gasteiger partial charge in [0.2, 0.25) is 0 Å². The number of allylic oxidation sites excluding steroid dienone is 4. The van der Waals surface area contributed by atoms with Crippen molar-refractivity contribution in [2.75, 3.05) is 0 Å². The Labute approximate surface area is 102 Å². The van der Waals surface area contributed by atoms with Crippen LogP contribution in [0.5, 0.6) is 0 Å². The summed E-state index contributed by atoms with van der Waals surface area (Å²) in [6, 6.07) is 5.07. The number of hydrogen-bond donors (Lipinski definition) is 0. The average Bonchev–Trinajstić information content (AvgIpc) is 2.22. The predicted octanol–water partition coefficient (Wildman–Crippen LogP) is 4.70. The third-order valence-corrected chi connectivity index (χ3v) is 3.10. The number of benzene rings is 1. The van der Waals surface area contributed by atoms with E-state index in [2.05, 4.69) is 15.9 Å². The SMILES string of the molecule is Fc1cc(C2=CC(Cl)=CC[CH]2)ccc1Br. The van der Waals surface area contributed by atoms with Gasteiger partial charge in [0, 0.05) is 5.03 Å². The predicted molar refractivity (Wildman–Crippen MR) is 64.9 cm³/mol. The molecular weight excluding hydrogens is 278 g/mol. The molecule has 1 aromatic carbocycles. The second-order valence-electron chi connectivity index (χ2n) is 3.26. The van der Waals surface area contributed by atoms with Crippen LogP contribution in [0.2, 0.25) is 0 Å². The minimum Gasteiger partial charge on any atom is -0.206 e. The van der Waals surface area contributed by atoms with Gasteiger partial charge in [-0.3, -0.25) is 0 Å². The second-order valence-corrected chi connectivity index (χ2v) is 4.55. The fraction of sp³-hybridized carbons (Fsp3) is 0.0833. The van der Waals surface area contributed by atoms with Crippen LogP contribution >= 0.6 is 27.5 Å². The van der Waals surface area contributed by atoms with Gasteiger partial charge >= 0.3 is 0 Å². The summed E-state index contributed by atoms with van der Waals surface area (Å²) in [5.41, 5.74) is 1.82. The summed E-state index contributed by atoms with van der Waals surface area (Å²) >= 11 is 9.02. The van der Waals surface area contributed by atoms with E-state index in [-0.39, 0.29) is 5.82 Å². The van der Waals surface area contributed by atoms with Crippen LogP contribution in [0, 0.1) is 12.2 Å². The molecule has 0 bridgehead atoms. The fourth-order valence-electron chi connectivity index (χ4n) is 1.44. The Hall–Kier alpha value is -0.600. The van der Waals surface area contributed by atoms with E-state index in [1.165, 1.54) is 6.07 Å². The van der Waals surface area contributed by atoms with Gasteiger partial charge in [-0.25, -0.2) is 4.39 Å². The molecule has 77 valence electrons. The molecule has 15 heavy (non-hydrogen) atoms. The van der Waals surface area contributed by atoms with Crippen molar-refractivity contribution >= 4 is 33.1 Å². The van der Waals surface area contributed by atoms with Crippen molar-refractivity contribution in [1.29, 1.82) is 0 Å². The summed E-state index contributed by atoms with van der Waals surface area (Å²) in [6.45, 7) is 0. The lowest BCUT2D eigenvalue weighted by molar-refractivity contribution is 0.620. The summed E-state index contributed by atoms with van der Waals surface area (Å²) in [7, 11) is 0. The van der Waals surface area contributed by atoms with Crippen molar-refractivity contribution < 1.29 is 4.39 Å². The summed E-state index contributed by atoms with van der Waals surface area (Å²) in [6.07, 6.45) is 6.57. The highest BCUT2D eigenvalue weighted by Crippen LogP contribution is 2.29. The lowest BCUT2D eigenvalue weighted by atomic mass is 9.97. The van der Waals surface area contributed by atoms with Gasteiger partial charge in [-0.2, -0.15) is 0 Å². The smallest absolute Gasteiger partial charge is 0.137 e. The van der Waals surface area contributed by atoms with Crippen molar-refractivity contribution in [1.82, 2.24) is 0 Å². The molecule has 0 N–H and O–H groups in total. The van der Waals surface area contributed by atoms with Crippen LogP contribution < -0.4 is 0 Å². The minimum absolute atomic E-state index is 0.257. The minimum atomic E-state index is -0.257. The average molecular weight is 287 g/mol. The van der Waals surface area contributed by atoms with E-state index in [1.807, 2.05) is 24.6 Å². The molecule has 0 spiro atoms. The maximum absolute atomic E-state index is 13.3. The van der Waals surface area contributed by atoms with E-state index in [9.17, 15) is 4.39 Å². The van der Waals surface area contributed by atoms with Crippen LogP contribution in [0.25, 0.3) is 5.57 Å². The van der Waals surface area contributed by atoms with E-state index in [4.69, 9.17) is 11.6 Å². The number of hydrogen-bond acceptors (Lipinski definition) is 0. The van der Waals surface area contributed by atoms with E-state index in [1.54, 1.807) is 6.07 Å². The molecule has 0 heterocycles. The first-order valence-corrected chi connectivity index (χ1v) is 5.70. The molecule has 1 aliphatic carbocycles. The Balaban J connectivity index is 2.38. The van der Waals surface area contributed by atoms with E-state index in [0.29, 0.717) is 9.51 Å². The summed E-state index contributed by atoms with van der Waals surface area (Å²) in [4.78, 5) is 0. The Bertz CT molecular complexity index is 449. The lowest BCUT2D eigenvalue weighted by Gasteiger charge is -2.11. The first-order chi connectivity index (χ1) is 7.16. The van der Waals surface area contributed by atoms with Crippen molar-refractivity contribution in [3.63, 3.8) is 0 Å². The van der Waals surface area contributed by atoms with Crippen molar-refractivity contribution in [2.45, 2.75) is 6.42 Å². The highest BCUT2D eigenvalue weighted by atomic mass is 79.9. The van der Waals surface area contributed by atoms with Gasteiger partial charge in [-0.15, -0.1) is 0 Å². The Morgan fingerprint density at radius 1 is 1.33 bits per heavy atom. The Morgan fingerprint density at radius 3 is 2.80 bits per heavy atom. The van der Waals surface area contributed by atoms with Gasteiger partial charge in [-0.05, 0) is 58.1 Å². The highest BCUT2D eigenvalue weighted by molar-refractivity contribution is 9.10. The molecule has 0 atom stereocenters. The maximum Gasteiger partial charge on any atom is 0.137 e. The summed E-state index contributed by atoms with van der Waals surface area (Å²) in [5.74, 6) is -0.257. The van der Waals surface area contributed by atoms with Crippen molar-refractivity contribution in [3.8, 4) is 0 Å². The zero-order chi connectivity index (χ0) is 10.8. The van der Waals surface area contributed by atoms with Crippen LogP contribution in [-0.2, 0) is 0 Å². The van der Waals surface area contributed by atoms with Gasteiger partial charge in [0.05, 0.1) is 4.47 Å². The second kappa shape index (κ2) is 4.50. The molecule has 1 aliphatic rings. The zero-order valence-electron chi connectivity index (χ0n) is 7.81. The van der Waals surface area contributed by atoms with Crippen molar-refractivity contribution in [3.05, 3.63) is 57.7 Å². The lowest BCUT2D eigenvalue weighted by Crippen LogP contribution is -1.92. The van der Waals surface area contributed by atoms with Gasteiger partial charge in [-0.1, -0.05) is 23.7 Å². The third-order valence-electron chi connectivity index (χ3n) is 2.20. The number of halogens is 3. The molecule has 2 rings (SSSR count). The molecule has 1 aromatic rings. The Kier molecular flexibility index (Phi) is 3.27.